The van der Waals surface area contributed by atoms with Crippen LogP contribution < -0.4 is 16.0 Å². The maximum absolute atomic E-state index is 12.4. The zero-order chi connectivity index (χ0) is 26.5. The fourth-order valence-electron chi connectivity index (χ4n) is 5.38. The van der Waals surface area contributed by atoms with Crippen molar-refractivity contribution in [3.05, 3.63) is 46.2 Å². The standard InChI is InChI=1S/C27H40ClN7O2/c1-4-21-17-34(26-24(28)31-23(25(29)32-26)27(37)30-15-19(3)36)13-14-35(21)22-9-11-33(12-10-22)16-20-7-5-18(2)6-8-20/h5-8,19,21-22,36H,4,9-17H2,1-3H3,(H2,29,32)(H,30,37). The highest BCUT2D eigenvalue weighted by atomic mass is 35.5. The van der Waals surface area contributed by atoms with Crippen LogP contribution in [0.25, 0.3) is 0 Å². The molecule has 10 heteroatoms. The molecule has 0 aliphatic carbocycles. The number of aliphatic hydroxyl groups is 1. The van der Waals surface area contributed by atoms with Crippen LogP contribution in [-0.4, -0.2) is 88.2 Å². The first-order chi connectivity index (χ1) is 17.7. The number of aromatic nitrogens is 2. The van der Waals surface area contributed by atoms with Crippen molar-refractivity contribution in [2.75, 3.05) is 49.9 Å². The van der Waals surface area contributed by atoms with E-state index in [1.54, 1.807) is 6.92 Å². The van der Waals surface area contributed by atoms with Crippen LogP contribution in [0.2, 0.25) is 5.15 Å². The predicted octanol–water partition coefficient (Wildman–Crippen LogP) is 2.70. The van der Waals surface area contributed by atoms with Crippen molar-refractivity contribution in [2.45, 2.75) is 64.8 Å². The molecular weight excluding hydrogens is 490 g/mol. The van der Waals surface area contributed by atoms with E-state index < -0.39 is 12.0 Å². The summed E-state index contributed by atoms with van der Waals surface area (Å²) < 4.78 is 0. The second kappa shape index (κ2) is 12.4. The molecule has 202 valence electrons. The first-order valence-corrected chi connectivity index (χ1v) is 13.7. The molecule has 0 saturated carbocycles. The van der Waals surface area contributed by atoms with Crippen LogP contribution in [0.1, 0.15) is 54.7 Å². The first kappa shape index (κ1) is 27.6. The van der Waals surface area contributed by atoms with E-state index in [4.69, 9.17) is 17.3 Å². The molecule has 37 heavy (non-hydrogen) atoms. The number of aliphatic hydroxyl groups excluding tert-OH is 1. The summed E-state index contributed by atoms with van der Waals surface area (Å²) in [4.78, 5) is 28.5. The molecule has 2 fully saturated rings. The highest BCUT2D eigenvalue weighted by Crippen LogP contribution is 2.30. The van der Waals surface area contributed by atoms with Crippen molar-refractivity contribution in [3.8, 4) is 0 Å². The van der Waals surface area contributed by atoms with Gasteiger partial charge in [-0.2, -0.15) is 0 Å². The van der Waals surface area contributed by atoms with Gasteiger partial charge in [-0.3, -0.25) is 14.6 Å². The average Bonchev–Trinajstić information content (AvgIpc) is 2.89. The number of hydrogen-bond donors (Lipinski definition) is 3. The second-order valence-corrected chi connectivity index (χ2v) is 10.7. The van der Waals surface area contributed by atoms with E-state index in [1.807, 2.05) is 0 Å². The zero-order valence-corrected chi connectivity index (χ0v) is 22.9. The molecule has 0 bridgehead atoms. The van der Waals surface area contributed by atoms with E-state index in [9.17, 15) is 9.90 Å². The number of anilines is 2. The molecule has 1 aromatic heterocycles. The van der Waals surface area contributed by atoms with Gasteiger partial charge in [0.2, 0.25) is 0 Å². The molecule has 9 nitrogen and oxygen atoms in total. The molecule has 2 unspecified atom stereocenters. The number of likely N-dealkylation sites (tertiary alicyclic amines) is 1. The number of benzene rings is 1. The van der Waals surface area contributed by atoms with Gasteiger partial charge in [0, 0.05) is 44.8 Å². The van der Waals surface area contributed by atoms with Gasteiger partial charge in [-0.15, -0.1) is 0 Å². The number of carbonyl (C=O) groups excluding carboxylic acids is 1. The minimum absolute atomic E-state index is 0.0162. The second-order valence-electron chi connectivity index (χ2n) is 10.4. The van der Waals surface area contributed by atoms with E-state index in [1.165, 1.54) is 24.0 Å². The third-order valence-electron chi connectivity index (χ3n) is 7.49. The SMILES string of the molecule is CCC1CN(c2nc(N)c(C(=O)NCC(C)O)nc2Cl)CCN1C1CCN(Cc2ccc(C)cc2)CC1. The third kappa shape index (κ3) is 6.90. The quantitative estimate of drug-likeness (QED) is 0.478. The number of nitrogens with zero attached hydrogens (tertiary/aromatic N) is 5. The number of piperidine rings is 1. The minimum atomic E-state index is -0.671. The molecule has 2 aliphatic rings. The summed E-state index contributed by atoms with van der Waals surface area (Å²) in [6.45, 7) is 11.8. The molecule has 1 aromatic carbocycles. The summed E-state index contributed by atoms with van der Waals surface area (Å²) in [7, 11) is 0. The molecular formula is C27H40ClN7O2. The molecule has 2 atom stereocenters. The van der Waals surface area contributed by atoms with E-state index >= 15 is 0 Å². The number of halogens is 1. The molecule has 1 amide bonds. The third-order valence-corrected chi connectivity index (χ3v) is 7.74. The Balaban J connectivity index is 1.35. The van der Waals surface area contributed by atoms with Crippen LogP contribution in [0.3, 0.4) is 0 Å². The number of nitrogens with one attached hydrogen (secondary N) is 1. The summed E-state index contributed by atoms with van der Waals surface area (Å²) >= 11 is 6.49. The van der Waals surface area contributed by atoms with Crippen LogP contribution in [0.15, 0.2) is 24.3 Å². The smallest absolute Gasteiger partial charge is 0.273 e. The summed E-state index contributed by atoms with van der Waals surface area (Å²) in [6.07, 6.45) is 2.70. The van der Waals surface area contributed by atoms with Crippen LogP contribution in [0.4, 0.5) is 11.6 Å². The Morgan fingerprint density at radius 2 is 1.89 bits per heavy atom. The van der Waals surface area contributed by atoms with Gasteiger partial charge in [-0.05, 0) is 51.8 Å². The Labute approximate surface area is 225 Å². The van der Waals surface area contributed by atoms with Crippen molar-refractivity contribution in [1.29, 1.82) is 0 Å². The van der Waals surface area contributed by atoms with Gasteiger partial charge >= 0.3 is 0 Å². The van der Waals surface area contributed by atoms with E-state index in [2.05, 4.69) is 68.1 Å². The monoisotopic (exact) mass is 529 g/mol. The highest BCUT2D eigenvalue weighted by Gasteiger charge is 2.34. The number of amides is 1. The first-order valence-electron chi connectivity index (χ1n) is 13.3. The van der Waals surface area contributed by atoms with Crippen molar-refractivity contribution in [3.63, 3.8) is 0 Å². The lowest BCUT2D eigenvalue weighted by Crippen LogP contribution is -2.58. The van der Waals surface area contributed by atoms with Gasteiger partial charge in [0.15, 0.2) is 22.5 Å². The fraction of sp³-hybridized carbons (Fsp3) is 0.593. The average molecular weight is 530 g/mol. The van der Waals surface area contributed by atoms with Crippen molar-refractivity contribution in [1.82, 2.24) is 25.1 Å². The predicted molar refractivity (Wildman–Crippen MR) is 148 cm³/mol. The van der Waals surface area contributed by atoms with Gasteiger partial charge < -0.3 is 21.1 Å². The van der Waals surface area contributed by atoms with Gasteiger partial charge in [0.25, 0.3) is 5.91 Å². The van der Waals surface area contributed by atoms with Gasteiger partial charge in [-0.1, -0.05) is 48.4 Å². The number of piperazine rings is 1. The van der Waals surface area contributed by atoms with Gasteiger partial charge in [0.05, 0.1) is 6.10 Å². The molecule has 2 aliphatic heterocycles. The Kier molecular flexibility index (Phi) is 9.23. The lowest BCUT2D eigenvalue weighted by Gasteiger charge is -2.47. The Bertz CT molecular complexity index is 1060. The Hall–Kier alpha value is -2.46. The highest BCUT2D eigenvalue weighted by molar-refractivity contribution is 6.32. The fourth-order valence-corrected chi connectivity index (χ4v) is 5.62. The van der Waals surface area contributed by atoms with Crippen molar-refractivity contribution < 1.29 is 9.90 Å². The molecule has 2 aromatic rings. The van der Waals surface area contributed by atoms with Crippen molar-refractivity contribution >= 4 is 29.1 Å². The van der Waals surface area contributed by atoms with E-state index in [-0.39, 0.29) is 23.2 Å². The molecule has 4 rings (SSSR count). The van der Waals surface area contributed by atoms with E-state index in [0.29, 0.717) is 17.9 Å². The molecule has 2 saturated heterocycles. The molecule has 0 spiro atoms. The number of aryl methyl sites for hydroxylation is 1. The Morgan fingerprint density at radius 1 is 1.19 bits per heavy atom. The summed E-state index contributed by atoms with van der Waals surface area (Å²) in [5, 5.41) is 12.2. The Morgan fingerprint density at radius 3 is 2.54 bits per heavy atom. The molecule has 4 N–H and O–H groups in total. The zero-order valence-electron chi connectivity index (χ0n) is 22.2. The number of nitrogen functional groups attached to an aromatic ring is 1. The normalized spacial score (nSPS) is 20.7. The lowest BCUT2D eigenvalue weighted by molar-refractivity contribution is 0.0610. The number of hydrogen-bond acceptors (Lipinski definition) is 8. The molecule has 3 heterocycles. The van der Waals surface area contributed by atoms with E-state index in [0.717, 1.165) is 45.7 Å². The largest absolute Gasteiger partial charge is 0.392 e. The minimum Gasteiger partial charge on any atom is -0.392 e. The summed E-state index contributed by atoms with van der Waals surface area (Å²) in [5.74, 6) is 0.0699. The van der Waals surface area contributed by atoms with Crippen molar-refractivity contribution in [2.24, 2.45) is 0 Å². The summed E-state index contributed by atoms with van der Waals surface area (Å²) in [6, 6.07) is 9.82. The maximum Gasteiger partial charge on any atom is 0.273 e. The summed E-state index contributed by atoms with van der Waals surface area (Å²) in [5.41, 5.74) is 8.76. The molecule has 0 radical (unpaired) electrons. The van der Waals surface area contributed by atoms with Crippen LogP contribution in [-0.2, 0) is 6.54 Å². The van der Waals surface area contributed by atoms with Gasteiger partial charge in [-0.25, -0.2) is 9.97 Å². The van der Waals surface area contributed by atoms with Crippen LogP contribution in [0, 0.1) is 6.92 Å². The number of nitrogens with two attached hydrogens (primary N) is 1. The topological polar surface area (TPSA) is 111 Å². The van der Waals surface area contributed by atoms with Gasteiger partial charge in [0.1, 0.15) is 0 Å². The van der Waals surface area contributed by atoms with Crippen LogP contribution >= 0.6 is 11.6 Å². The maximum atomic E-state index is 12.4. The number of carbonyl (C=O) groups is 1. The lowest BCUT2D eigenvalue weighted by atomic mass is 9.98. The van der Waals surface area contributed by atoms with Crippen LogP contribution in [0.5, 0.6) is 0 Å². The number of rotatable bonds is 8.